The van der Waals surface area contributed by atoms with Crippen molar-refractivity contribution in [1.82, 2.24) is 9.97 Å². The maximum Gasteiger partial charge on any atom is 0.126 e. The van der Waals surface area contributed by atoms with Gasteiger partial charge in [0.25, 0.3) is 0 Å². The molecule has 0 radical (unpaired) electrons. The molecular formula is C15H11ClN2. The minimum absolute atomic E-state index is 0.716. The highest BCUT2D eigenvalue weighted by molar-refractivity contribution is 6.30. The summed E-state index contributed by atoms with van der Waals surface area (Å²) in [6.45, 7) is 1.90. The lowest BCUT2D eigenvalue weighted by Gasteiger charge is -2.07. The van der Waals surface area contributed by atoms with Gasteiger partial charge in [0.2, 0.25) is 0 Å². The fraction of sp³-hybridized carbons (Fsp3) is 0.0667. The first kappa shape index (κ1) is 11.2. The summed E-state index contributed by atoms with van der Waals surface area (Å²) in [5.74, 6) is 0.767. The highest BCUT2D eigenvalue weighted by Gasteiger charge is 2.07. The molecule has 0 aliphatic rings. The second-order valence-corrected chi connectivity index (χ2v) is 4.58. The summed E-state index contributed by atoms with van der Waals surface area (Å²) in [6, 6.07) is 15.7. The number of aromatic nitrogens is 2. The molecule has 18 heavy (non-hydrogen) atoms. The molecule has 2 nitrogen and oxygen atoms in total. The Kier molecular flexibility index (Phi) is 2.73. The van der Waals surface area contributed by atoms with E-state index in [4.69, 9.17) is 11.6 Å². The molecule has 3 heteroatoms. The summed E-state index contributed by atoms with van der Waals surface area (Å²) in [6.07, 6.45) is 0. The maximum absolute atomic E-state index is 6.04. The number of para-hydroxylation sites is 1. The average molecular weight is 255 g/mol. The van der Waals surface area contributed by atoms with Crippen LogP contribution in [0.5, 0.6) is 0 Å². The predicted octanol–water partition coefficient (Wildman–Crippen LogP) is 4.26. The molecule has 2 aromatic carbocycles. The van der Waals surface area contributed by atoms with Gasteiger partial charge in [-0.25, -0.2) is 9.97 Å². The first-order valence-electron chi connectivity index (χ1n) is 5.73. The monoisotopic (exact) mass is 254 g/mol. The van der Waals surface area contributed by atoms with Gasteiger partial charge in [0, 0.05) is 16.0 Å². The molecule has 3 rings (SSSR count). The van der Waals surface area contributed by atoms with Gasteiger partial charge >= 0.3 is 0 Å². The summed E-state index contributed by atoms with van der Waals surface area (Å²) in [5, 5.41) is 1.76. The second kappa shape index (κ2) is 4.39. The van der Waals surface area contributed by atoms with Gasteiger partial charge in [0.15, 0.2) is 0 Å². The number of rotatable bonds is 1. The Hall–Kier alpha value is -1.93. The van der Waals surface area contributed by atoms with Crippen molar-refractivity contribution in [2.75, 3.05) is 0 Å². The lowest BCUT2D eigenvalue weighted by atomic mass is 10.1. The maximum atomic E-state index is 6.04. The molecular weight excluding hydrogens is 244 g/mol. The summed E-state index contributed by atoms with van der Waals surface area (Å²) in [7, 11) is 0. The van der Waals surface area contributed by atoms with E-state index in [1.165, 1.54) is 0 Å². The van der Waals surface area contributed by atoms with Crippen LogP contribution >= 0.6 is 11.6 Å². The molecule has 0 amide bonds. The fourth-order valence-corrected chi connectivity index (χ4v) is 2.24. The normalized spacial score (nSPS) is 10.8. The van der Waals surface area contributed by atoms with Gasteiger partial charge in [0.05, 0.1) is 11.2 Å². The van der Waals surface area contributed by atoms with E-state index in [-0.39, 0.29) is 0 Å². The van der Waals surface area contributed by atoms with Gasteiger partial charge in [-0.3, -0.25) is 0 Å². The van der Waals surface area contributed by atoms with E-state index in [2.05, 4.69) is 9.97 Å². The SMILES string of the molecule is Cc1nc(-c2cccc(Cl)c2)c2ccccc2n1. The van der Waals surface area contributed by atoms with Gasteiger partial charge in [-0.1, -0.05) is 41.9 Å². The van der Waals surface area contributed by atoms with Crippen molar-refractivity contribution in [1.29, 1.82) is 0 Å². The molecule has 0 saturated carbocycles. The Balaban J connectivity index is 2.34. The Bertz CT molecular complexity index is 723. The van der Waals surface area contributed by atoms with Crippen LogP contribution in [0.15, 0.2) is 48.5 Å². The molecule has 0 bridgehead atoms. The predicted molar refractivity (Wildman–Crippen MR) is 74.7 cm³/mol. The van der Waals surface area contributed by atoms with Crippen molar-refractivity contribution in [3.8, 4) is 11.3 Å². The van der Waals surface area contributed by atoms with Crippen LogP contribution in [-0.2, 0) is 0 Å². The van der Waals surface area contributed by atoms with Crippen LogP contribution in [0.4, 0.5) is 0 Å². The van der Waals surface area contributed by atoms with Gasteiger partial charge in [-0.05, 0) is 25.1 Å². The zero-order chi connectivity index (χ0) is 12.5. The van der Waals surface area contributed by atoms with Crippen LogP contribution in [0.25, 0.3) is 22.2 Å². The number of hydrogen-bond donors (Lipinski definition) is 0. The third-order valence-corrected chi connectivity index (χ3v) is 3.05. The number of aryl methyl sites for hydroxylation is 1. The first-order chi connectivity index (χ1) is 8.74. The lowest BCUT2D eigenvalue weighted by Crippen LogP contribution is -1.93. The number of benzene rings is 2. The van der Waals surface area contributed by atoms with E-state index in [0.717, 1.165) is 28.0 Å². The number of halogens is 1. The summed E-state index contributed by atoms with van der Waals surface area (Å²) in [4.78, 5) is 8.98. The van der Waals surface area contributed by atoms with Crippen molar-refractivity contribution >= 4 is 22.5 Å². The van der Waals surface area contributed by atoms with E-state index in [0.29, 0.717) is 5.02 Å². The minimum atomic E-state index is 0.716. The molecule has 0 aliphatic carbocycles. The molecule has 0 saturated heterocycles. The number of hydrogen-bond acceptors (Lipinski definition) is 2. The Morgan fingerprint density at radius 3 is 2.61 bits per heavy atom. The van der Waals surface area contributed by atoms with Crippen LogP contribution in [0.2, 0.25) is 5.02 Å². The Morgan fingerprint density at radius 2 is 1.78 bits per heavy atom. The van der Waals surface area contributed by atoms with Gasteiger partial charge in [-0.2, -0.15) is 0 Å². The molecule has 3 aromatic rings. The Morgan fingerprint density at radius 1 is 0.944 bits per heavy atom. The molecule has 88 valence electrons. The van der Waals surface area contributed by atoms with Crippen molar-refractivity contribution in [3.63, 3.8) is 0 Å². The molecule has 1 heterocycles. The molecule has 0 unspecified atom stereocenters. The minimum Gasteiger partial charge on any atom is -0.233 e. The van der Waals surface area contributed by atoms with Crippen molar-refractivity contribution in [3.05, 3.63) is 59.4 Å². The van der Waals surface area contributed by atoms with Crippen LogP contribution in [0.3, 0.4) is 0 Å². The summed E-state index contributed by atoms with van der Waals surface area (Å²) >= 11 is 6.04. The van der Waals surface area contributed by atoms with Crippen molar-refractivity contribution < 1.29 is 0 Å². The third-order valence-electron chi connectivity index (χ3n) is 2.81. The Labute approximate surface area is 110 Å². The molecule has 0 fully saturated rings. The van der Waals surface area contributed by atoms with Crippen molar-refractivity contribution in [2.45, 2.75) is 6.92 Å². The third kappa shape index (κ3) is 1.95. The fourth-order valence-electron chi connectivity index (χ4n) is 2.05. The smallest absolute Gasteiger partial charge is 0.126 e. The van der Waals surface area contributed by atoms with E-state index >= 15 is 0 Å². The van der Waals surface area contributed by atoms with Crippen LogP contribution in [0.1, 0.15) is 5.82 Å². The molecule has 1 aromatic heterocycles. The van der Waals surface area contributed by atoms with Gasteiger partial charge < -0.3 is 0 Å². The molecule has 0 aliphatic heterocycles. The number of nitrogens with zero attached hydrogens (tertiary/aromatic N) is 2. The van der Waals surface area contributed by atoms with Crippen molar-refractivity contribution in [2.24, 2.45) is 0 Å². The van der Waals surface area contributed by atoms with Crippen LogP contribution < -0.4 is 0 Å². The van der Waals surface area contributed by atoms with E-state index in [1.807, 2.05) is 55.5 Å². The standard InChI is InChI=1S/C15H11ClN2/c1-10-17-14-8-3-2-7-13(14)15(18-10)11-5-4-6-12(16)9-11/h2-9H,1H3. The zero-order valence-corrected chi connectivity index (χ0v) is 10.6. The van der Waals surface area contributed by atoms with E-state index in [1.54, 1.807) is 0 Å². The van der Waals surface area contributed by atoms with Crippen LogP contribution in [0, 0.1) is 6.92 Å². The number of fused-ring (bicyclic) bond motifs is 1. The summed E-state index contributed by atoms with van der Waals surface area (Å²) in [5.41, 5.74) is 2.91. The van der Waals surface area contributed by atoms with E-state index in [9.17, 15) is 0 Å². The topological polar surface area (TPSA) is 25.8 Å². The molecule has 0 N–H and O–H groups in total. The largest absolute Gasteiger partial charge is 0.233 e. The summed E-state index contributed by atoms with van der Waals surface area (Å²) < 4.78 is 0. The second-order valence-electron chi connectivity index (χ2n) is 4.15. The van der Waals surface area contributed by atoms with Gasteiger partial charge in [0.1, 0.15) is 5.82 Å². The lowest BCUT2D eigenvalue weighted by molar-refractivity contribution is 1.10. The zero-order valence-electron chi connectivity index (χ0n) is 9.89. The first-order valence-corrected chi connectivity index (χ1v) is 6.11. The average Bonchev–Trinajstić information content (AvgIpc) is 2.37. The molecule has 0 spiro atoms. The highest BCUT2D eigenvalue weighted by Crippen LogP contribution is 2.27. The van der Waals surface area contributed by atoms with Gasteiger partial charge in [-0.15, -0.1) is 0 Å². The highest BCUT2D eigenvalue weighted by atomic mass is 35.5. The molecule has 0 atom stereocenters. The van der Waals surface area contributed by atoms with E-state index < -0.39 is 0 Å². The quantitative estimate of drug-likeness (QED) is 0.648. The van der Waals surface area contributed by atoms with Crippen LogP contribution in [-0.4, -0.2) is 9.97 Å².